The van der Waals surface area contributed by atoms with Crippen LogP contribution in [-0.4, -0.2) is 22.3 Å². The molecule has 1 heterocycles. The molecule has 0 bridgehead atoms. The van der Waals surface area contributed by atoms with Crippen LogP contribution in [0.3, 0.4) is 0 Å². The fourth-order valence-corrected chi connectivity index (χ4v) is 1.55. The van der Waals surface area contributed by atoms with E-state index < -0.39 is 5.97 Å². The van der Waals surface area contributed by atoms with E-state index in [0.717, 1.165) is 10.9 Å². The average Bonchev–Trinajstić information content (AvgIpc) is 2.27. The lowest BCUT2D eigenvalue weighted by atomic mass is 10.1. The largest absolute Gasteiger partial charge is 0.478 e. The Hall–Kier alpha value is -2.23. The Labute approximate surface area is 91.5 Å². The first-order chi connectivity index (χ1) is 7.61. The average molecular weight is 215 g/mol. The van der Waals surface area contributed by atoms with Crippen molar-refractivity contribution in [2.45, 2.75) is 6.92 Å². The Kier molecular flexibility index (Phi) is 2.40. The number of fused-ring (bicyclic) bond motifs is 1. The van der Waals surface area contributed by atoms with Gasteiger partial charge in [0, 0.05) is 5.39 Å². The second-order valence-corrected chi connectivity index (χ2v) is 3.52. The SMILES string of the molecule is Cc1cc2cc(C(=O)O)ccc2nc1C=O. The maximum absolute atomic E-state index is 10.8. The zero-order valence-electron chi connectivity index (χ0n) is 8.60. The lowest BCUT2D eigenvalue weighted by molar-refractivity contribution is 0.0697. The number of hydrogen-bond donors (Lipinski definition) is 1. The summed E-state index contributed by atoms with van der Waals surface area (Å²) < 4.78 is 0. The molecule has 0 unspecified atom stereocenters. The van der Waals surface area contributed by atoms with Crippen LogP contribution in [0.5, 0.6) is 0 Å². The van der Waals surface area contributed by atoms with Gasteiger partial charge in [-0.25, -0.2) is 9.78 Å². The van der Waals surface area contributed by atoms with Crippen molar-refractivity contribution in [2.24, 2.45) is 0 Å². The first kappa shape index (κ1) is 10.3. The molecule has 80 valence electrons. The highest BCUT2D eigenvalue weighted by Crippen LogP contribution is 2.17. The summed E-state index contributed by atoms with van der Waals surface area (Å²) in [5.41, 5.74) is 1.96. The number of carboxylic acids is 1. The van der Waals surface area contributed by atoms with Gasteiger partial charge in [-0.2, -0.15) is 0 Å². The number of carbonyl (C=O) groups is 2. The second kappa shape index (κ2) is 3.73. The number of aromatic nitrogens is 1. The number of aldehydes is 1. The van der Waals surface area contributed by atoms with Crippen LogP contribution < -0.4 is 0 Å². The van der Waals surface area contributed by atoms with Gasteiger partial charge >= 0.3 is 5.97 Å². The number of rotatable bonds is 2. The molecule has 0 aliphatic rings. The standard InChI is InChI=1S/C12H9NO3/c1-7-4-9-5-8(12(15)16)2-3-10(9)13-11(7)6-14/h2-6H,1H3,(H,15,16). The van der Waals surface area contributed by atoms with Gasteiger partial charge in [-0.1, -0.05) is 0 Å². The van der Waals surface area contributed by atoms with E-state index in [-0.39, 0.29) is 5.56 Å². The number of aromatic carboxylic acids is 1. The van der Waals surface area contributed by atoms with Gasteiger partial charge in [0.15, 0.2) is 6.29 Å². The topological polar surface area (TPSA) is 67.3 Å². The fourth-order valence-electron chi connectivity index (χ4n) is 1.55. The summed E-state index contributed by atoms with van der Waals surface area (Å²) >= 11 is 0. The molecule has 1 N–H and O–H groups in total. The van der Waals surface area contributed by atoms with Gasteiger partial charge in [-0.05, 0) is 36.8 Å². The molecule has 4 heteroatoms. The minimum atomic E-state index is -0.973. The minimum Gasteiger partial charge on any atom is -0.478 e. The molecular formula is C12H9NO3. The van der Waals surface area contributed by atoms with Crippen molar-refractivity contribution in [2.75, 3.05) is 0 Å². The van der Waals surface area contributed by atoms with Crippen LogP contribution in [0.4, 0.5) is 0 Å². The lowest BCUT2D eigenvalue weighted by Crippen LogP contribution is -1.97. The Balaban J connectivity index is 2.71. The third kappa shape index (κ3) is 1.65. The van der Waals surface area contributed by atoms with Crippen molar-refractivity contribution < 1.29 is 14.7 Å². The van der Waals surface area contributed by atoms with Crippen molar-refractivity contribution in [3.63, 3.8) is 0 Å². The predicted octanol–water partition coefficient (Wildman–Crippen LogP) is 2.05. The van der Waals surface area contributed by atoms with Crippen LogP contribution in [0.25, 0.3) is 10.9 Å². The van der Waals surface area contributed by atoms with Crippen LogP contribution in [0.1, 0.15) is 26.4 Å². The zero-order valence-corrected chi connectivity index (χ0v) is 8.60. The Morgan fingerprint density at radius 1 is 1.38 bits per heavy atom. The van der Waals surface area contributed by atoms with E-state index in [1.54, 1.807) is 25.1 Å². The lowest BCUT2D eigenvalue weighted by Gasteiger charge is -2.03. The number of carbonyl (C=O) groups excluding carboxylic acids is 1. The molecule has 1 aromatic heterocycles. The monoisotopic (exact) mass is 215 g/mol. The number of aryl methyl sites for hydroxylation is 1. The predicted molar refractivity (Wildman–Crippen MR) is 58.8 cm³/mol. The van der Waals surface area contributed by atoms with E-state index in [9.17, 15) is 9.59 Å². The first-order valence-electron chi connectivity index (χ1n) is 4.71. The molecule has 0 saturated carbocycles. The smallest absolute Gasteiger partial charge is 0.335 e. The minimum absolute atomic E-state index is 0.215. The van der Waals surface area contributed by atoms with Crippen LogP contribution in [0.15, 0.2) is 24.3 Å². The Bertz CT molecular complexity index is 590. The molecule has 0 atom stereocenters. The van der Waals surface area contributed by atoms with Gasteiger partial charge in [-0.3, -0.25) is 4.79 Å². The van der Waals surface area contributed by atoms with E-state index in [0.29, 0.717) is 17.5 Å². The molecule has 0 aliphatic carbocycles. The van der Waals surface area contributed by atoms with E-state index in [4.69, 9.17) is 5.11 Å². The van der Waals surface area contributed by atoms with Gasteiger partial charge in [0.05, 0.1) is 11.1 Å². The van der Waals surface area contributed by atoms with Crippen LogP contribution in [0, 0.1) is 6.92 Å². The van der Waals surface area contributed by atoms with E-state index in [1.165, 1.54) is 6.07 Å². The van der Waals surface area contributed by atoms with Crippen molar-refractivity contribution in [1.29, 1.82) is 0 Å². The maximum atomic E-state index is 10.8. The van der Waals surface area contributed by atoms with Gasteiger partial charge in [0.2, 0.25) is 0 Å². The highest BCUT2D eigenvalue weighted by Gasteiger charge is 2.06. The second-order valence-electron chi connectivity index (χ2n) is 3.52. The molecule has 0 fully saturated rings. The van der Waals surface area contributed by atoms with E-state index >= 15 is 0 Å². The molecule has 2 aromatic rings. The van der Waals surface area contributed by atoms with Crippen molar-refractivity contribution in [3.8, 4) is 0 Å². The van der Waals surface area contributed by atoms with Crippen molar-refractivity contribution >= 4 is 23.2 Å². The molecule has 1 aromatic carbocycles. The molecule has 16 heavy (non-hydrogen) atoms. The number of benzene rings is 1. The van der Waals surface area contributed by atoms with Gasteiger partial charge < -0.3 is 5.11 Å². The number of hydrogen-bond acceptors (Lipinski definition) is 3. The highest BCUT2D eigenvalue weighted by molar-refractivity contribution is 5.94. The number of carboxylic acid groups (broad SMARTS) is 1. The van der Waals surface area contributed by atoms with E-state index in [2.05, 4.69) is 4.98 Å². The summed E-state index contributed by atoms with van der Waals surface area (Å²) in [5, 5.41) is 9.56. The maximum Gasteiger partial charge on any atom is 0.335 e. The summed E-state index contributed by atoms with van der Waals surface area (Å²) in [5.74, 6) is -0.973. The first-order valence-corrected chi connectivity index (χ1v) is 4.71. The number of nitrogens with zero attached hydrogens (tertiary/aromatic N) is 1. The summed E-state index contributed by atoms with van der Waals surface area (Å²) in [7, 11) is 0. The summed E-state index contributed by atoms with van der Waals surface area (Å²) in [6.45, 7) is 1.77. The Morgan fingerprint density at radius 2 is 2.12 bits per heavy atom. The molecule has 2 rings (SSSR count). The zero-order chi connectivity index (χ0) is 11.7. The molecule has 0 amide bonds. The fraction of sp³-hybridized carbons (Fsp3) is 0.0833. The molecule has 0 radical (unpaired) electrons. The molecule has 0 saturated heterocycles. The molecule has 0 aliphatic heterocycles. The Morgan fingerprint density at radius 3 is 2.75 bits per heavy atom. The van der Waals surface area contributed by atoms with Crippen molar-refractivity contribution in [3.05, 3.63) is 41.1 Å². The van der Waals surface area contributed by atoms with Crippen LogP contribution in [-0.2, 0) is 0 Å². The van der Waals surface area contributed by atoms with E-state index in [1.807, 2.05) is 0 Å². The molecule has 4 nitrogen and oxygen atoms in total. The van der Waals surface area contributed by atoms with Crippen LogP contribution >= 0.6 is 0 Å². The van der Waals surface area contributed by atoms with Gasteiger partial charge in [0.1, 0.15) is 5.69 Å². The number of pyridine rings is 1. The highest BCUT2D eigenvalue weighted by atomic mass is 16.4. The molecular weight excluding hydrogens is 206 g/mol. The molecule has 0 spiro atoms. The van der Waals surface area contributed by atoms with Crippen LogP contribution in [0.2, 0.25) is 0 Å². The normalized spacial score (nSPS) is 10.3. The summed E-state index contributed by atoms with van der Waals surface area (Å²) in [6.07, 6.45) is 0.694. The third-order valence-electron chi connectivity index (χ3n) is 2.40. The third-order valence-corrected chi connectivity index (χ3v) is 2.40. The van der Waals surface area contributed by atoms with Gasteiger partial charge in [-0.15, -0.1) is 0 Å². The summed E-state index contributed by atoms with van der Waals surface area (Å²) in [6, 6.07) is 6.39. The quantitative estimate of drug-likeness (QED) is 0.778. The van der Waals surface area contributed by atoms with Crippen molar-refractivity contribution in [1.82, 2.24) is 4.98 Å². The van der Waals surface area contributed by atoms with Gasteiger partial charge in [0.25, 0.3) is 0 Å². The summed E-state index contributed by atoms with van der Waals surface area (Å²) in [4.78, 5) is 25.6.